The first kappa shape index (κ1) is 13.2. The molecule has 2 rings (SSSR count). The highest BCUT2D eigenvalue weighted by atomic mass is 32.2. The molecule has 2 aliphatic rings. The van der Waals surface area contributed by atoms with E-state index >= 15 is 0 Å². The number of hydrogen-bond acceptors (Lipinski definition) is 3. The van der Waals surface area contributed by atoms with E-state index in [-0.39, 0.29) is 10.8 Å². The van der Waals surface area contributed by atoms with Gasteiger partial charge >= 0.3 is 0 Å². The molecule has 17 heavy (non-hydrogen) atoms. The van der Waals surface area contributed by atoms with Crippen molar-refractivity contribution in [2.24, 2.45) is 11.7 Å². The summed E-state index contributed by atoms with van der Waals surface area (Å²) in [7, 11) is 0. The molecule has 1 amide bonds. The van der Waals surface area contributed by atoms with Crippen molar-refractivity contribution in [3.63, 3.8) is 0 Å². The Labute approximate surface area is 108 Å². The lowest BCUT2D eigenvalue weighted by molar-refractivity contribution is -0.132. The van der Waals surface area contributed by atoms with Crippen molar-refractivity contribution in [1.82, 2.24) is 4.90 Å². The predicted molar refractivity (Wildman–Crippen MR) is 73.1 cm³/mol. The molecule has 98 valence electrons. The second kappa shape index (κ2) is 5.19. The summed E-state index contributed by atoms with van der Waals surface area (Å²) in [6.07, 6.45) is 4.10. The fourth-order valence-corrected chi connectivity index (χ4v) is 4.01. The number of carbonyl (C=O) groups is 1. The summed E-state index contributed by atoms with van der Waals surface area (Å²) in [5, 5.41) is 0. The minimum atomic E-state index is 0.214. The van der Waals surface area contributed by atoms with Gasteiger partial charge in [0.25, 0.3) is 0 Å². The van der Waals surface area contributed by atoms with Crippen molar-refractivity contribution < 1.29 is 4.79 Å². The molecule has 0 aromatic heterocycles. The third kappa shape index (κ3) is 3.38. The molecule has 2 fully saturated rings. The SMILES string of the molecule is CC1(C)CN(C(=O)C[C@@H]2CCC[C@H]2N)CCS1. The monoisotopic (exact) mass is 256 g/mol. The van der Waals surface area contributed by atoms with Crippen LogP contribution in [0.4, 0.5) is 0 Å². The van der Waals surface area contributed by atoms with Gasteiger partial charge in [0, 0.05) is 36.1 Å². The molecule has 0 spiro atoms. The van der Waals surface area contributed by atoms with Crippen LogP contribution in [-0.4, -0.2) is 40.4 Å². The van der Waals surface area contributed by atoms with E-state index in [1.807, 2.05) is 16.7 Å². The highest BCUT2D eigenvalue weighted by Gasteiger charge is 2.32. The maximum Gasteiger partial charge on any atom is 0.222 e. The molecule has 2 atom stereocenters. The Hall–Kier alpha value is -0.220. The summed E-state index contributed by atoms with van der Waals surface area (Å²) in [6.45, 7) is 6.24. The molecule has 0 unspecified atom stereocenters. The summed E-state index contributed by atoms with van der Waals surface area (Å²) in [5.74, 6) is 1.82. The molecule has 0 aromatic rings. The van der Waals surface area contributed by atoms with E-state index in [4.69, 9.17) is 5.73 Å². The van der Waals surface area contributed by atoms with Crippen molar-refractivity contribution in [1.29, 1.82) is 0 Å². The van der Waals surface area contributed by atoms with Crippen molar-refractivity contribution in [2.75, 3.05) is 18.8 Å². The number of rotatable bonds is 2. The summed E-state index contributed by atoms with van der Waals surface area (Å²) in [4.78, 5) is 14.3. The first-order chi connectivity index (χ1) is 7.98. The van der Waals surface area contributed by atoms with E-state index in [0.29, 0.717) is 18.2 Å². The topological polar surface area (TPSA) is 46.3 Å². The first-order valence-corrected chi connectivity index (χ1v) is 7.64. The standard InChI is InChI=1S/C13H24N2OS/c1-13(2)9-15(6-7-17-13)12(16)8-10-4-3-5-11(10)14/h10-11H,3-9,14H2,1-2H3/t10-,11+/m0/s1. The molecule has 1 aliphatic heterocycles. The number of hydrogen-bond donors (Lipinski definition) is 1. The Morgan fingerprint density at radius 2 is 2.24 bits per heavy atom. The average molecular weight is 256 g/mol. The van der Waals surface area contributed by atoms with Crippen LogP contribution in [0.3, 0.4) is 0 Å². The lowest BCUT2D eigenvalue weighted by Crippen LogP contribution is -2.47. The van der Waals surface area contributed by atoms with Gasteiger partial charge in [0.1, 0.15) is 0 Å². The zero-order chi connectivity index (χ0) is 12.5. The van der Waals surface area contributed by atoms with Gasteiger partial charge in [-0.1, -0.05) is 6.42 Å². The predicted octanol–water partition coefficient (Wildman–Crippen LogP) is 1.86. The number of nitrogens with two attached hydrogens (primary N) is 1. The van der Waals surface area contributed by atoms with E-state index in [2.05, 4.69) is 13.8 Å². The van der Waals surface area contributed by atoms with Crippen molar-refractivity contribution >= 4 is 17.7 Å². The molecule has 4 heteroatoms. The Bertz CT molecular complexity index is 293. The summed E-state index contributed by atoms with van der Waals surface area (Å²) < 4.78 is 0.214. The van der Waals surface area contributed by atoms with Gasteiger partial charge in [-0.3, -0.25) is 4.79 Å². The Kier molecular flexibility index (Phi) is 4.03. The van der Waals surface area contributed by atoms with Crippen molar-refractivity contribution in [3.8, 4) is 0 Å². The van der Waals surface area contributed by atoms with Gasteiger partial charge < -0.3 is 10.6 Å². The number of amides is 1. The molecular weight excluding hydrogens is 232 g/mol. The maximum absolute atomic E-state index is 12.2. The minimum absolute atomic E-state index is 0.214. The summed E-state index contributed by atoms with van der Waals surface area (Å²) >= 11 is 1.97. The molecule has 2 N–H and O–H groups in total. The van der Waals surface area contributed by atoms with Gasteiger partial charge in [-0.05, 0) is 32.6 Å². The highest BCUT2D eigenvalue weighted by Crippen LogP contribution is 2.32. The van der Waals surface area contributed by atoms with Crippen LogP contribution in [0.15, 0.2) is 0 Å². The fourth-order valence-electron chi connectivity index (χ4n) is 2.90. The van der Waals surface area contributed by atoms with Crippen LogP contribution in [-0.2, 0) is 4.79 Å². The van der Waals surface area contributed by atoms with Gasteiger partial charge in [0.2, 0.25) is 5.91 Å². The Morgan fingerprint density at radius 1 is 1.47 bits per heavy atom. The molecule has 1 aliphatic carbocycles. The normalized spacial score (nSPS) is 32.8. The zero-order valence-electron chi connectivity index (χ0n) is 10.9. The van der Waals surface area contributed by atoms with Crippen LogP contribution in [0.5, 0.6) is 0 Å². The van der Waals surface area contributed by atoms with E-state index < -0.39 is 0 Å². The number of nitrogens with zero attached hydrogens (tertiary/aromatic N) is 1. The maximum atomic E-state index is 12.2. The molecule has 0 aromatic carbocycles. The van der Waals surface area contributed by atoms with E-state index in [0.717, 1.165) is 31.7 Å². The third-order valence-electron chi connectivity index (χ3n) is 3.93. The smallest absolute Gasteiger partial charge is 0.222 e. The highest BCUT2D eigenvalue weighted by molar-refractivity contribution is 8.00. The second-order valence-corrected chi connectivity index (χ2v) is 7.78. The van der Waals surface area contributed by atoms with Crippen molar-refractivity contribution in [3.05, 3.63) is 0 Å². The third-order valence-corrected chi connectivity index (χ3v) is 5.23. The van der Waals surface area contributed by atoms with Gasteiger partial charge in [-0.2, -0.15) is 11.8 Å². The molecule has 0 bridgehead atoms. The van der Waals surface area contributed by atoms with E-state index in [1.165, 1.54) is 6.42 Å². The van der Waals surface area contributed by atoms with Gasteiger partial charge in [0.05, 0.1) is 0 Å². The van der Waals surface area contributed by atoms with Crippen molar-refractivity contribution in [2.45, 2.75) is 50.3 Å². The summed E-state index contributed by atoms with van der Waals surface area (Å²) in [6, 6.07) is 0.256. The molecular formula is C13H24N2OS. The molecule has 0 radical (unpaired) electrons. The quantitative estimate of drug-likeness (QED) is 0.820. The van der Waals surface area contributed by atoms with Gasteiger partial charge in [-0.15, -0.1) is 0 Å². The van der Waals surface area contributed by atoms with Crippen LogP contribution in [0.2, 0.25) is 0 Å². The van der Waals surface area contributed by atoms with Crippen LogP contribution in [0.25, 0.3) is 0 Å². The summed E-state index contributed by atoms with van der Waals surface area (Å²) in [5.41, 5.74) is 6.04. The van der Waals surface area contributed by atoms with E-state index in [9.17, 15) is 4.79 Å². The lowest BCUT2D eigenvalue weighted by Gasteiger charge is -2.38. The van der Waals surface area contributed by atoms with Crippen LogP contribution >= 0.6 is 11.8 Å². The first-order valence-electron chi connectivity index (χ1n) is 6.65. The zero-order valence-corrected chi connectivity index (χ0v) is 11.8. The largest absolute Gasteiger partial charge is 0.340 e. The van der Waals surface area contributed by atoms with E-state index in [1.54, 1.807) is 0 Å². The lowest BCUT2D eigenvalue weighted by atomic mass is 9.99. The molecule has 1 saturated heterocycles. The van der Waals surface area contributed by atoms with Gasteiger partial charge in [0.15, 0.2) is 0 Å². The second-order valence-electron chi connectivity index (χ2n) is 5.98. The van der Waals surface area contributed by atoms with Crippen LogP contribution < -0.4 is 5.73 Å². The molecule has 3 nitrogen and oxygen atoms in total. The molecule has 1 saturated carbocycles. The van der Waals surface area contributed by atoms with Crippen LogP contribution in [0, 0.1) is 5.92 Å². The number of thioether (sulfide) groups is 1. The Morgan fingerprint density at radius 3 is 2.82 bits per heavy atom. The molecule has 1 heterocycles. The van der Waals surface area contributed by atoms with Gasteiger partial charge in [-0.25, -0.2) is 0 Å². The average Bonchev–Trinajstić information content (AvgIpc) is 2.63. The minimum Gasteiger partial charge on any atom is -0.340 e. The number of carbonyl (C=O) groups excluding carboxylic acids is 1. The fraction of sp³-hybridized carbons (Fsp3) is 0.923. The van der Waals surface area contributed by atoms with Crippen LogP contribution in [0.1, 0.15) is 39.5 Å². The Balaban J connectivity index is 1.87.